The number of halogens is 1. The highest BCUT2D eigenvalue weighted by Crippen LogP contribution is 2.21. The summed E-state index contributed by atoms with van der Waals surface area (Å²) in [4.78, 5) is 0. The molecule has 0 heterocycles. The molecule has 2 N–H and O–H groups in total. The third-order valence-electron chi connectivity index (χ3n) is 2.16. The van der Waals surface area contributed by atoms with E-state index >= 15 is 0 Å². The highest BCUT2D eigenvalue weighted by Gasteiger charge is 2.22. The highest BCUT2D eigenvalue weighted by atomic mass is 19.1. The van der Waals surface area contributed by atoms with Crippen LogP contribution in [0.25, 0.3) is 0 Å². The lowest BCUT2D eigenvalue weighted by Gasteiger charge is -2.31. The zero-order valence-electron chi connectivity index (χ0n) is 8.94. The molecule has 80 valence electrons. The molecule has 0 saturated carbocycles. The lowest BCUT2D eigenvalue weighted by atomic mass is 9.85. The molecule has 0 spiro atoms. The average molecular weight is 191 g/mol. The summed E-state index contributed by atoms with van der Waals surface area (Å²) in [5, 5.41) is 12.1. The summed E-state index contributed by atoms with van der Waals surface area (Å²) in [5.74, 6) is 0. The molecule has 0 aliphatic rings. The molecule has 0 aliphatic heterocycles. The fourth-order valence-electron chi connectivity index (χ4n) is 1.31. The Morgan fingerprint density at radius 2 is 2.00 bits per heavy atom. The van der Waals surface area contributed by atoms with Gasteiger partial charge in [0.1, 0.15) is 0 Å². The summed E-state index contributed by atoms with van der Waals surface area (Å²) < 4.78 is 11.8. The smallest absolute Gasteiger partial charge is 0.0906 e. The van der Waals surface area contributed by atoms with Gasteiger partial charge in [-0.1, -0.05) is 20.8 Å². The third kappa shape index (κ3) is 5.99. The van der Waals surface area contributed by atoms with Crippen molar-refractivity contribution in [3.8, 4) is 0 Å². The fraction of sp³-hybridized carbons (Fsp3) is 1.00. The van der Waals surface area contributed by atoms with Crippen LogP contribution in [0.1, 0.15) is 33.6 Å². The second-order valence-electron chi connectivity index (χ2n) is 4.43. The number of hydrogen-bond donors (Lipinski definition) is 2. The molecule has 3 heteroatoms. The van der Waals surface area contributed by atoms with E-state index < -0.39 is 0 Å². The average Bonchev–Trinajstić information content (AvgIpc) is 2.01. The zero-order valence-corrected chi connectivity index (χ0v) is 8.94. The van der Waals surface area contributed by atoms with Crippen molar-refractivity contribution in [2.45, 2.75) is 39.7 Å². The molecule has 1 unspecified atom stereocenters. The van der Waals surface area contributed by atoms with E-state index in [1.54, 1.807) is 0 Å². The normalized spacial score (nSPS) is 14.5. The van der Waals surface area contributed by atoms with Gasteiger partial charge in [-0.05, 0) is 24.8 Å². The Labute approximate surface area is 80.5 Å². The maximum atomic E-state index is 11.8. The molecule has 0 aromatic carbocycles. The second-order valence-corrected chi connectivity index (χ2v) is 4.43. The minimum atomic E-state index is -0.275. The maximum absolute atomic E-state index is 11.8. The first-order chi connectivity index (χ1) is 6.02. The minimum absolute atomic E-state index is 0.124. The summed E-state index contributed by atoms with van der Waals surface area (Å²) in [6, 6.07) is 0.268. The molecule has 0 aliphatic carbocycles. The summed E-state index contributed by atoms with van der Waals surface area (Å²) in [6.45, 7) is 6.97. The van der Waals surface area contributed by atoms with Gasteiger partial charge in [0.05, 0.1) is 6.67 Å². The first-order valence-corrected chi connectivity index (χ1v) is 4.92. The van der Waals surface area contributed by atoms with Crippen LogP contribution >= 0.6 is 0 Å². The second kappa shape index (κ2) is 6.33. The van der Waals surface area contributed by atoms with Crippen molar-refractivity contribution >= 4 is 0 Å². The number of aliphatic hydroxyl groups is 1. The van der Waals surface area contributed by atoms with E-state index in [1.165, 1.54) is 0 Å². The first kappa shape index (κ1) is 12.8. The quantitative estimate of drug-likeness (QED) is 0.627. The van der Waals surface area contributed by atoms with Gasteiger partial charge in [0.2, 0.25) is 0 Å². The predicted molar refractivity (Wildman–Crippen MR) is 53.5 cm³/mol. The molecule has 0 rings (SSSR count). The molecule has 0 amide bonds. The maximum Gasteiger partial charge on any atom is 0.0906 e. The Morgan fingerprint density at radius 3 is 2.38 bits per heavy atom. The van der Waals surface area contributed by atoms with E-state index in [4.69, 9.17) is 5.11 Å². The van der Waals surface area contributed by atoms with Gasteiger partial charge < -0.3 is 10.4 Å². The van der Waals surface area contributed by atoms with Crippen LogP contribution in [0.2, 0.25) is 0 Å². The van der Waals surface area contributed by atoms with Crippen LogP contribution in [0.4, 0.5) is 4.39 Å². The van der Waals surface area contributed by atoms with Crippen molar-refractivity contribution in [3.63, 3.8) is 0 Å². The number of hydrogen-bond acceptors (Lipinski definition) is 2. The van der Waals surface area contributed by atoms with E-state index in [0.717, 1.165) is 6.42 Å². The van der Waals surface area contributed by atoms with Crippen molar-refractivity contribution in [2.24, 2.45) is 5.41 Å². The molecular formula is C10H22FNO. The molecule has 0 aromatic rings. The fourth-order valence-corrected chi connectivity index (χ4v) is 1.31. The van der Waals surface area contributed by atoms with Gasteiger partial charge in [0, 0.05) is 12.6 Å². The molecule has 13 heavy (non-hydrogen) atoms. The van der Waals surface area contributed by atoms with Crippen LogP contribution in [0.3, 0.4) is 0 Å². The Hall–Kier alpha value is -0.150. The Bertz CT molecular complexity index is 123. The van der Waals surface area contributed by atoms with Crippen molar-refractivity contribution in [1.29, 1.82) is 0 Å². The zero-order chi connectivity index (χ0) is 10.3. The molecule has 0 radical (unpaired) electrons. The standard InChI is InChI=1S/C10H22FNO/c1-10(2,3)9(5-8-13)12-7-4-6-11/h9,12-13H,4-8H2,1-3H3. The minimum Gasteiger partial charge on any atom is -0.396 e. The summed E-state index contributed by atoms with van der Waals surface area (Å²) in [7, 11) is 0. The Kier molecular flexibility index (Phi) is 6.25. The largest absolute Gasteiger partial charge is 0.396 e. The van der Waals surface area contributed by atoms with Gasteiger partial charge in [-0.3, -0.25) is 4.39 Å². The Balaban J connectivity index is 3.81. The SMILES string of the molecule is CC(C)(C)C(CCO)NCCCF. The summed E-state index contributed by atoms with van der Waals surface area (Å²) in [6.07, 6.45) is 1.29. The molecule has 1 atom stereocenters. The lowest BCUT2D eigenvalue weighted by Crippen LogP contribution is -2.41. The third-order valence-corrected chi connectivity index (χ3v) is 2.16. The van der Waals surface area contributed by atoms with Gasteiger partial charge in [-0.15, -0.1) is 0 Å². The monoisotopic (exact) mass is 191 g/mol. The number of alkyl halides is 1. The first-order valence-electron chi connectivity index (χ1n) is 4.92. The molecular weight excluding hydrogens is 169 g/mol. The lowest BCUT2D eigenvalue weighted by molar-refractivity contribution is 0.196. The van der Waals surface area contributed by atoms with Crippen molar-refractivity contribution < 1.29 is 9.50 Å². The van der Waals surface area contributed by atoms with E-state index in [1.807, 2.05) is 0 Å². The van der Waals surface area contributed by atoms with Crippen LogP contribution in [0.5, 0.6) is 0 Å². The van der Waals surface area contributed by atoms with Crippen molar-refractivity contribution in [1.82, 2.24) is 5.32 Å². The Morgan fingerprint density at radius 1 is 1.38 bits per heavy atom. The van der Waals surface area contributed by atoms with Crippen LogP contribution in [0, 0.1) is 5.41 Å². The van der Waals surface area contributed by atoms with Crippen molar-refractivity contribution in [2.75, 3.05) is 19.8 Å². The molecule has 0 fully saturated rings. The molecule has 0 saturated heterocycles. The number of nitrogens with one attached hydrogen (secondary N) is 1. The highest BCUT2D eigenvalue weighted by molar-refractivity contribution is 4.79. The van der Waals surface area contributed by atoms with Gasteiger partial charge in [0.25, 0.3) is 0 Å². The van der Waals surface area contributed by atoms with Crippen LogP contribution in [-0.4, -0.2) is 31.0 Å². The van der Waals surface area contributed by atoms with E-state index in [2.05, 4.69) is 26.1 Å². The van der Waals surface area contributed by atoms with Crippen molar-refractivity contribution in [3.05, 3.63) is 0 Å². The molecule has 2 nitrogen and oxygen atoms in total. The van der Waals surface area contributed by atoms with Crippen LogP contribution in [0.15, 0.2) is 0 Å². The number of rotatable bonds is 6. The van der Waals surface area contributed by atoms with Gasteiger partial charge in [-0.2, -0.15) is 0 Å². The summed E-state index contributed by atoms with van der Waals surface area (Å²) >= 11 is 0. The number of aliphatic hydroxyl groups excluding tert-OH is 1. The van der Waals surface area contributed by atoms with E-state index in [0.29, 0.717) is 13.0 Å². The van der Waals surface area contributed by atoms with Crippen LogP contribution < -0.4 is 5.32 Å². The van der Waals surface area contributed by atoms with E-state index in [-0.39, 0.29) is 24.7 Å². The predicted octanol–water partition coefficient (Wildman–Crippen LogP) is 1.73. The summed E-state index contributed by atoms with van der Waals surface area (Å²) in [5.41, 5.74) is 0.124. The van der Waals surface area contributed by atoms with Gasteiger partial charge in [0.15, 0.2) is 0 Å². The topological polar surface area (TPSA) is 32.3 Å². The molecule has 0 aromatic heterocycles. The van der Waals surface area contributed by atoms with Gasteiger partial charge in [-0.25, -0.2) is 0 Å². The van der Waals surface area contributed by atoms with E-state index in [9.17, 15) is 4.39 Å². The molecule has 0 bridgehead atoms. The van der Waals surface area contributed by atoms with Gasteiger partial charge >= 0.3 is 0 Å². The van der Waals surface area contributed by atoms with Crippen LogP contribution in [-0.2, 0) is 0 Å².